The van der Waals surface area contributed by atoms with E-state index in [4.69, 9.17) is 0 Å². The molecule has 3 rings (SSSR count). The topological polar surface area (TPSA) is 84.7 Å². The van der Waals surface area contributed by atoms with Gasteiger partial charge in [0.1, 0.15) is 0 Å². The maximum atomic E-state index is 12.1. The van der Waals surface area contributed by atoms with E-state index < -0.39 is 0 Å². The summed E-state index contributed by atoms with van der Waals surface area (Å²) >= 11 is 1.68. The van der Waals surface area contributed by atoms with Crippen molar-refractivity contribution in [1.82, 2.24) is 30.6 Å². The molecule has 1 aliphatic rings. The van der Waals surface area contributed by atoms with Crippen molar-refractivity contribution >= 4 is 42.1 Å². The number of aromatic nitrogens is 4. The van der Waals surface area contributed by atoms with E-state index in [1.54, 1.807) is 17.5 Å². The molecule has 0 saturated carbocycles. The molecule has 1 aliphatic heterocycles. The molecule has 2 aromatic heterocycles. The fourth-order valence-electron chi connectivity index (χ4n) is 2.65. The predicted octanol–water partition coefficient (Wildman–Crippen LogP) is 2.09. The smallest absolute Gasteiger partial charge is 0.273 e. The highest BCUT2D eigenvalue weighted by molar-refractivity contribution is 7.11. The van der Waals surface area contributed by atoms with Gasteiger partial charge in [-0.15, -0.1) is 41.2 Å². The van der Waals surface area contributed by atoms with Crippen LogP contribution < -0.4 is 10.6 Å². The number of carbonyl (C=O) groups excluding carboxylic acids is 1. The largest absolute Gasteiger partial charge is 0.350 e. The first kappa shape index (κ1) is 21.8. The van der Waals surface area contributed by atoms with Gasteiger partial charge >= 0.3 is 0 Å². The molecule has 0 aromatic carbocycles. The summed E-state index contributed by atoms with van der Waals surface area (Å²) in [5, 5.41) is 15.4. The number of halogens is 2. The fraction of sp³-hybridized carbons (Fsp3) is 0.600. The third kappa shape index (κ3) is 5.64. The van der Waals surface area contributed by atoms with Crippen LogP contribution in [-0.4, -0.2) is 45.5 Å². The van der Waals surface area contributed by atoms with Crippen LogP contribution in [0.2, 0.25) is 0 Å². The SMILES string of the molecule is Cc1nc(CCNC(=O)c2cn(C3CCNCC3)nn2)sc1C.Cl.Cl. The van der Waals surface area contributed by atoms with E-state index in [1.165, 1.54) is 4.88 Å². The van der Waals surface area contributed by atoms with Crippen molar-refractivity contribution in [3.05, 3.63) is 27.5 Å². The molecule has 0 unspecified atom stereocenters. The Labute approximate surface area is 163 Å². The second-order valence-electron chi connectivity index (χ2n) is 5.82. The number of aryl methyl sites for hydroxylation is 2. The molecular formula is C15H24Cl2N6OS. The second kappa shape index (κ2) is 10.1. The lowest BCUT2D eigenvalue weighted by atomic mass is 10.1. The Bertz CT molecular complexity index is 664. The first-order valence-corrected chi connectivity index (χ1v) is 8.79. The molecule has 3 heterocycles. The molecule has 0 aliphatic carbocycles. The Hall–Kier alpha value is -1.22. The average Bonchev–Trinajstić information content (AvgIpc) is 3.16. The average molecular weight is 407 g/mol. The van der Waals surface area contributed by atoms with E-state index in [1.807, 2.05) is 11.6 Å². The summed E-state index contributed by atoms with van der Waals surface area (Å²) in [7, 11) is 0. The van der Waals surface area contributed by atoms with Gasteiger partial charge in [-0.2, -0.15) is 0 Å². The van der Waals surface area contributed by atoms with Crippen LogP contribution in [-0.2, 0) is 6.42 Å². The minimum Gasteiger partial charge on any atom is -0.350 e. The lowest BCUT2D eigenvalue weighted by molar-refractivity contribution is 0.0949. The summed E-state index contributed by atoms with van der Waals surface area (Å²) in [4.78, 5) is 17.9. The Morgan fingerprint density at radius 2 is 2.08 bits per heavy atom. The van der Waals surface area contributed by atoms with Crippen molar-refractivity contribution in [1.29, 1.82) is 0 Å². The monoisotopic (exact) mass is 406 g/mol. The highest BCUT2D eigenvalue weighted by atomic mass is 35.5. The molecule has 0 atom stereocenters. The van der Waals surface area contributed by atoms with Crippen LogP contribution in [0.15, 0.2) is 6.20 Å². The Kier molecular flexibility index (Phi) is 8.78. The zero-order chi connectivity index (χ0) is 16.2. The maximum Gasteiger partial charge on any atom is 0.273 e. The highest BCUT2D eigenvalue weighted by Crippen LogP contribution is 2.17. The van der Waals surface area contributed by atoms with Crippen molar-refractivity contribution in [3.63, 3.8) is 0 Å². The number of hydrogen-bond acceptors (Lipinski definition) is 6. The minimum atomic E-state index is -0.171. The molecule has 0 spiro atoms. The van der Waals surface area contributed by atoms with Gasteiger partial charge in [-0.1, -0.05) is 5.21 Å². The highest BCUT2D eigenvalue weighted by Gasteiger charge is 2.18. The first-order valence-electron chi connectivity index (χ1n) is 7.97. The van der Waals surface area contributed by atoms with Gasteiger partial charge < -0.3 is 10.6 Å². The van der Waals surface area contributed by atoms with Crippen LogP contribution in [0.4, 0.5) is 0 Å². The van der Waals surface area contributed by atoms with Gasteiger partial charge in [-0.05, 0) is 39.8 Å². The molecule has 1 amide bonds. The van der Waals surface area contributed by atoms with Crippen LogP contribution >= 0.6 is 36.2 Å². The molecule has 10 heteroatoms. The lowest BCUT2D eigenvalue weighted by Gasteiger charge is -2.22. The van der Waals surface area contributed by atoms with Gasteiger partial charge in [0.05, 0.1) is 22.9 Å². The molecule has 2 aromatic rings. The summed E-state index contributed by atoms with van der Waals surface area (Å²) < 4.78 is 1.82. The molecule has 2 N–H and O–H groups in total. The first-order chi connectivity index (χ1) is 11.1. The predicted molar refractivity (Wildman–Crippen MR) is 103 cm³/mol. The number of hydrogen-bond donors (Lipinski definition) is 2. The van der Waals surface area contributed by atoms with E-state index in [0.717, 1.165) is 43.1 Å². The van der Waals surface area contributed by atoms with Crippen molar-refractivity contribution in [2.24, 2.45) is 0 Å². The zero-order valence-electron chi connectivity index (χ0n) is 14.3. The molecule has 7 nitrogen and oxygen atoms in total. The van der Waals surface area contributed by atoms with Gasteiger partial charge in [-0.3, -0.25) is 4.79 Å². The van der Waals surface area contributed by atoms with Crippen molar-refractivity contribution in [3.8, 4) is 0 Å². The number of thiazole rings is 1. The number of nitrogens with one attached hydrogen (secondary N) is 2. The van der Waals surface area contributed by atoms with Crippen molar-refractivity contribution < 1.29 is 4.79 Å². The fourth-order valence-corrected chi connectivity index (χ4v) is 3.58. The molecule has 0 bridgehead atoms. The lowest BCUT2D eigenvalue weighted by Crippen LogP contribution is -2.29. The molecule has 1 saturated heterocycles. The third-order valence-electron chi connectivity index (χ3n) is 4.12. The summed E-state index contributed by atoms with van der Waals surface area (Å²) in [6.45, 7) is 6.60. The van der Waals surface area contributed by atoms with Gasteiger partial charge in [0, 0.05) is 17.8 Å². The quantitative estimate of drug-likeness (QED) is 0.793. The number of rotatable bonds is 5. The molecule has 25 heavy (non-hydrogen) atoms. The molecule has 1 fully saturated rings. The molecular weight excluding hydrogens is 383 g/mol. The molecule has 0 radical (unpaired) electrons. The normalized spacial score (nSPS) is 14.5. The van der Waals surface area contributed by atoms with E-state index in [0.29, 0.717) is 18.3 Å². The Morgan fingerprint density at radius 1 is 1.36 bits per heavy atom. The van der Waals surface area contributed by atoms with Crippen molar-refractivity contribution in [2.45, 2.75) is 39.2 Å². The second-order valence-corrected chi connectivity index (χ2v) is 7.11. The number of carbonyl (C=O) groups is 1. The number of nitrogens with zero attached hydrogens (tertiary/aromatic N) is 4. The summed E-state index contributed by atoms with van der Waals surface area (Å²) in [5.74, 6) is -0.171. The van der Waals surface area contributed by atoms with E-state index in [2.05, 4.69) is 32.9 Å². The summed E-state index contributed by atoms with van der Waals surface area (Å²) in [5.41, 5.74) is 1.45. The standard InChI is InChI=1S/C15H22N6OS.2ClH/c1-10-11(2)23-14(18-10)5-8-17-15(22)13-9-21(20-19-13)12-3-6-16-7-4-12;;/h9,12,16H,3-8H2,1-2H3,(H,17,22);2*1H. The van der Waals surface area contributed by atoms with Gasteiger partial charge in [-0.25, -0.2) is 9.67 Å². The Balaban J connectivity index is 0.00000156. The van der Waals surface area contributed by atoms with Crippen molar-refractivity contribution in [2.75, 3.05) is 19.6 Å². The zero-order valence-corrected chi connectivity index (χ0v) is 16.8. The summed E-state index contributed by atoms with van der Waals surface area (Å²) in [6.07, 6.45) is 4.54. The number of piperidine rings is 1. The maximum absolute atomic E-state index is 12.1. The van der Waals surface area contributed by atoms with Gasteiger partial charge in [0.15, 0.2) is 5.69 Å². The van der Waals surface area contributed by atoms with Crippen LogP contribution in [0.3, 0.4) is 0 Å². The van der Waals surface area contributed by atoms with E-state index in [-0.39, 0.29) is 30.7 Å². The van der Waals surface area contributed by atoms with Crippen LogP contribution in [0.1, 0.15) is 45.0 Å². The minimum absolute atomic E-state index is 0. The van der Waals surface area contributed by atoms with Crippen LogP contribution in [0.25, 0.3) is 0 Å². The van der Waals surface area contributed by atoms with Crippen LogP contribution in [0.5, 0.6) is 0 Å². The van der Waals surface area contributed by atoms with E-state index in [9.17, 15) is 4.79 Å². The third-order valence-corrected chi connectivity index (χ3v) is 5.26. The van der Waals surface area contributed by atoms with Gasteiger partial charge in [0.2, 0.25) is 0 Å². The number of amides is 1. The Morgan fingerprint density at radius 3 is 2.72 bits per heavy atom. The van der Waals surface area contributed by atoms with Gasteiger partial charge in [0.25, 0.3) is 5.91 Å². The van der Waals surface area contributed by atoms with Crippen LogP contribution in [0, 0.1) is 13.8 Å². The molecule has 140 valence electrons. The summed E-state index contributed by atoms with van der Waals surface area (Å²) in [6, 6.07) is 0.339. The van der Waals surface area contributed by atoms with E-state index >= 15 is 0 Å².